The number of nitrogens with one attached hydrogen (secondary N) is 1. The summed E-state index contributed by atoms with van der Waals surface area (Å²) in [6, 6.07) is 0. The lowest BCUT2D eigenvalue weighted by Gasteiger charge is -2.07. The topological polar surface area (TPSA) is 32.3 Å². The zero-order valence-corrected chi connectivity index (χ0v) is 7.23. The Hall–Kier alpha value is -0.0900. The molecular formula is C5H11BrN2O. The van der Waals surface area contributed by atoms with Gasteiger partial charge < -0.3 is 10.2 Å². The number of carbonyl (C=O) groups excluding carboxylic acids is 1. The third kappa shape index (κ3) is 7.91. The fraction of sp³-hybridized carbons (Fsp3) is 0.800. The van der Waals surface area contributed by atoms with Crippen LogP contribution in [-0.2, 0) is 0 Å². The van der Waals surface area contributed by atoms with Crippen molar-refractivity contribution in [3.05, 3.63) is 0 Å². The molecule has 0 saturated carbocycles. The molecule has 0 rings (SSSR count). The van der Waals surface area contributed by atoms with Crippen molar-refractivity contribution < 1.29 is 4.79 Å². The zero-order valence-electron chi connectivity index (χ0n) is 5.65. The lowest BCUT2D eigenvalue weighted by Crippen LogP contribution is -2.27. The third-order valence-corrected chi connectivity index (χ3v) is 1.10. The molecule has 0 bridgehead atoms. The average Bonchev–Trinajstić information content (AvgIpc) is 1.63. The van der Waals surface area contributed by atoms with Crippen molar-refractivity contribution in [1.82, 2.24) is 10.2 Å². The molecular weight excluding hydrogens is 184 g/mol. The van der Waals surface area contributed by atoms with Crippen LogP contribution in [0.3, 0.4) is 0 Å². The van der Waals surface area contributed by atoms with Crippen LogP contribution in [0.25, 0.3) is 0 Å². The molecule has 0 radical (unpaired) electrons. The molecule has 0 aliphatic carbocycles. The second-order valence-corrected chi connectivity index (χ2v) is 2.72. The summed E-state index contributed by atoms with van der Waals surface area (Å²) in [6.07, 6.45) is 0. The van der Waals surface area contributed by atoms with E-state index in [9.17, 15) is 4.79 Å². The molecule has 9 heavy (non-hydrogen) atoms. The molecule has 54 valence electrons. The van der Waals surface area contributed by atoms with Crippen molar-refractivity contribution in [1.29, 1.82) is 0 Å². The second-order valence-electron chi connectivity index (χ2n) is 2.00. The fourth-order valence-electron chi connectivity index (χ4n) is 0.378. The molecule has 3 nitrogen and oxygen atoms in total. The van der Waals surface area contributed by atoms with Gasteiger partial charge in [-0.3, -0.25) is 4.79 Å². The highest BCUT2D eigenvalue weighted by Crippen LogP contribution is 1.80. The van der Waals surface area contributed by atoms with Crippen LogP contribution >= 0.6 is 15.9 Å². The van der Waals surface area contributed by atoms with Crippen molar-refractivity contribution in [3.8, 4) is 0 Å². The number of rotatable bonds is 3. The molecule has 0 atom stereocenters. The predicted octanol–water partition coefficient (Wildman–Crippen LogP) is 0.653. The van der Waals surface area contributed by atoms with Crippen LogP contribution in [0.4, 0.5) is 4.79 Å². The number of halogens is 1. The van der Waals surface area contributed by atoms with Crippen molar-refractivity contribution >= 4 is 20.7 Å². The van der Waals surface area contributed by atoms with Gasteiger partial charge in [-0.25, -0.2) is 0 Å². The summed E-state index contributed by atoms with van der Waals surface area (Å²) in [5.74, 6) is 0. The highest BCUT2D eigenvalue weighted by atomic mass is 79.9. The first kappa shape index (κ1) is 8.91. The van der Waals surface area contributed by atoms with E-state index < -0.39 is 0 Å². The quantitative estimate of drug-likeness (QED) is 0.529. The van der Waals surface area contributed by atoms with Crippen LogP contribution in [0.5, 0.6) is 0 Å². The van der Waals surface area contributed by atoms with Gasteiger partial charge in [0.25, 0.3) is 4.82 Å². The largest absolute Gasteiger partial charge is 0.345 e. The van der Waals surface area contributed by atoms with Gasteiger partial charge in [0.2, 0.25) is 0 Å². The van der Waals surface area contributed by atoms with Gasteiger partial charge in [0, 0.05) is 29.0 Å². The van der Waals surface area contributed by atoms with E-state index >= 15 is 0 Å². The first-order chi connectivity index (χ1) is 4.13. The normalized spacial score (nSPS) is 9.78. The summed E-state index contributed by atoms with van der Waals surface area (Å²) < 4.78 is 0. The highest BCUT2D eigenvalue weighted by molar-refractivity contribution is 9.18. The fourth-order valence-corrected chi connectivity index (χ4v) is 0.576. The van der Waals surface area contributed by atoms with E-state index in [0.717, 1.165) is 6.54 Å². The number of carbonyl (C=O) groups is 1. The minimum Gasteiger partial charge on any atom is -0.345 e. The van der Waals surface area contributed by atoms with E-state index in [2.05, 4.69) is 21.2 Å². The number of nitrogens with zero attached hydrogens (tertiary/aromatic N) is 1. The molecule has 0 unspecified atom stereocenters. The van der Waals surface area contributed by atoms with Crippen LogP contribution in [0, 0.1) is 0 Å². The first-order valence-electron chi connectivity index (χ1n) is 2.71. The second kappa shape index (κ2) is 4.76. The Kier molecular flexibility index (Phi) is 4.71. The highest BCUT2D eigenvalue weighted by Gasteiger charge is 1.91. The van der Waals surface area contributed by atoms with Gasteiger partial charge in [-0.05, 0) is 14.1 Å². The molecule has 0 aromatic rings. The Labute approximate surface area is 63.5 Å². The Morgan fingerprint density at radius 2 is 2.22 bits per heavy atom. The SMILES string of the molecule is CN(C)CCNC(=O)Br. The lowest BCUT2D eigenvalue weighted by molar-refractivity contribution is 0.260. The van der Waals surface area contributed by atoms with Crippen molar-refractivity contribution in [2.45, 2.75) is 0 Å². The average molecular weight is 195 g/mol. The summed E-state index contributed by atoms with van der Waals surface area (Å²) in [5.41, 5.74) is 0. The number of hydrogen-bond acceptors (Lipinski definition) is 2. The maximum absolute atomic E-state index is 10.2. The summed E-state index contributed by atoms with van der Waals surface area (Å²) in [6.45, 7) is 1.56. The molecule has 0 aliphatic heterocycles. The molecule has 0 saturated heterocycles. The van der Waals surface area contributed by atoms with Crippen molar-refractivity contribution in [3.63, 3.8) is 0 Å². The van der Waals surface area contributed by atoms with Crippen LogP contribution in [0.15, 0.2) is 0 Å². The minimum atomic E-state index is -0.149. The smallest absolute Gasteiger partial charge is 0.287 e. The van der Waals surface area contributed by atoms with Gasteiger partial charge in [0.1, 0.15) is 0 Å². The summed E-state index contributed by atoms with van der Waals surface area (Å²) in [7, 11) is 3.92. The molecule has 1 N–H and O–H groups in total. The van der Waals surface area contributed by atoms with E-state index in [1.54, 1.807) is 0 Å². The molecule has 1 amide bonds. The van der Waals surface area contributed by atoms with Crippen LogP contribution in [-0.4, -0.2) is 36.9 Å². The zero-order chi connectivity index (χ0) is 7.28. The van der Waals surface area contributed by atoms with Gasteiger partial charge >= 0.3 is 0 Å². The minimum absolute atomic E-state index is 0.149. The Morgan fingerprint density at radius 1 is 1.67 bits per heavy atom. The molecule has 0 aromatic heterocycles. The van der Waals surface area contributed by atoms with E-state index in [1.165, 1.54) is 0 Å². The number of likely N-dealkylation sites (N-methyl/N-ethyl adjacent to an activating group) is 1. The van der Waals surface area contributed by atoms with Crippen molar-refractivity contribution in [2.75, 3.05) is 27.2 Å². The third-order valence-electron chi connectivity index (χ3n) is 0.823. The summed E-state index contributed by atoms with van der Waals surface area (Å²) in [4.78, 5) is 12.1. The molecule has 0 spiro atoms. The van der Waals surface area contributed by atoms with Crippen LogP contribution in [0.1, 0.15) is 0 Å². The molecule has 0 aliphatic rings. The molecule has 4 heteroatoms. The number of amides is 1. The Morgan fingerprint density at radius 3 is 2.56 bits per heavy atom. The van der Waals surface area contributed by atoms with Gasteiger partial charge in [-0.15, -0.1) is 0 Å². The number of hydrogen-bond donors (Lipinski definition) is 1. The molecule has 0 aromatic carbocycles. The maximum Gasteiger partial charge on any atom is 0.287 e. The van der Waals surface area contributed by atoms with E-state index in [4.69, 9.17) is 0 Å². The Bertz CT molecular complexity index is 95.0. The van der Waals surface area contributed by atoms with Crippen molar-refractivity contribution in [2.24, 2.45) is 0 Å². The van der Waals surface area contributed by atoms with Crippen LogP contribution in [0.2, 0.25) is 0 Å². The molecule has 0 fully saturated rings. The maximum atomic E-state index is 10.2. The van der Waals surface area contributed by atoms with Gasteiger partial charge in [-0.2, -0.15) is 0 Å². The van der Waals surface area contributed by atoms with E-state index in [1.807, 2.05) is 19.0 Å². The van der Waals surface area contributed by atoms with Gasteiger partial charge in [-0.1, -0.05) is 0 Å². The van der Waals surface area contributed by atoms with Gasteiger partial charge in [0.05, 0.1) is 0 Å². The monoisotopic (exact) mass is 194 g/mol. The van der Waals surface area contributed by atoms with Crippen LogP contribution < -0.4 is 5.32 Å². The predicted molar refractivity (Wildman–Crippen MR) is 40.9 cm³/mol. The van der Waals surface area contributed by atoms with E-state index in [-0.39, 0.29) is 4.82 Å². The standard InChI is InChI=1S/C5H11BrN2O/c1-8(2)4-3-7-5(6)9/h3-4H2,1-2H3,(H,7,9). The molecule has 0 heterocycles. The first-order valence-corrected chi connectivity index (χ1v) is 3.50. The lowest BCUT2D eigenvalue weighted by atomic mass is 10.6. The summed E-state index contributed by atoms with van der Waals surface area (Å²) in [5, 5.41) is 2.61. The Balaban J connectivity index is 3.01. The van der Waals surface area contributed by atoms with E-state index in [0.29, 0.717) is 6.54 Å². The summed E-state index contributed by atoms with van der Waals surface area (Å²) >= 11 is 2.76. The van der Waals surface area contributed by atoms with Gasteiger partial charge in [0.15, 0.2) is 0 Å².